The summed E-state index contributed by atoms with van der Waals surface area (Å²) < 4.78 is 0. The summed E-state index contributed by atoms with van der Waals surface area (Å²) in [5, 5.41) is 0. The molecular weight excluding hydrogens is 388 g/mol. The number of benzene rings is 2. The maximum Gasteiger partial charge on any atom is 0.0491 e. The Hall–Kier alpha value is -1.64. The Kier molecular flexibility index (Phi) is 7.16. The molecule has 0 heterocycles. The van der Waals surface area contributed by atoms with Crippen LogP contribution in [0.1, 0.15) is 129 Å². The van der Waals surface area contributed by atoms with Gasteiger partial charge in [0, 0.05) is 12.1 Å². The highest BCUT2D eigenvalue weighted by molar-refractivity contribution is 5.42. The van der Waals surface area contributed by atoms with E-state index in [4.69, 9.17) is 11.5 Å². The van der Waals surface area contributed by atoms with Gasteiger partial charge >= 0.3 is 0 Å². The van der Waals surface area contributed by atoms with Crippen molar-refractivity contribution in [1.82, 2.24) is 0 Å². The second kappa shape index (κ2) is 8.61. The van der Waals surface area contributed by atoms with Crippen LogP contribution in [0.5, 0.6) is 0 Å². The molecule has 2 unspecified atom stereocenters. The van der Waals surface area contributed by atoms with Crippen LogP contribution in [0.3, 0.4) is 0 Å². The van der Waals surface area contributed by atoms with Crippen LogP contribution >= 0.6 is 0 Å². The Morgan fingerprint density at radius 1 is 0.406 bits per heavy atom. The molecule has 32 heavy (non-hydrogen) atoms. The minimum Gasteiger partial charge on any atom is -0.322 e. The van der Waals surface area contributed by atoms with Crippen molar-refractivity contribution in [3.05, 3.63) is 69.8 Å². The van der Waals surface area contributed by atoms with Crippen LogP contribution < -0.4 is 11.5 Å². The van der Waals surface area contributed by atoms with Crippen molar-refractivity contribution < 1.29 is 0 Å². The van der Waals surface area contributed by atoms with Gasteiger partial charge in [0.05, 0.1) is 0 Å². The van der Waals surface area contributed by atoms with Crippen molar-refractivity contribution in [3.63, 3.8) is 0 Å². The summed E-state index contributed by atoms with van der Waals surface area (Å²) >= 11 is 0. The second-order valence-electron chi connectivity index (χ2n) is 13.7. The number of nitrogens with two attached hydrogens (primary N) is 2. The maximum atomic E-state index is 6.89. The molecule has 0 aromatic heterocycles. The average molecular weight is 437 g/mol. The van der Waals surface area contributed by atoms with Gasteiger partial charge in [-0.3, -0.25) is 0 Å². The Morgan fingerprint density at radius 3 is 0.750 bits per heavy atom. The smallest absolute Gasteiger partial charge is 0.0491 e. The zero-order valence-corrected chi connectivity index (χ0v) is 22.8. The molecule has 2 nitrogen and oxygen atoms in total. The Bertz CT molecular complexity index is 797. The van der Waals surface area contributed by atoms with E-state index in [1.165, 1.54) is 22.3 Å². The molecule has 0 radical (unpaired) electrons. The molecule has 2 rings (SSSR count). The van der Waals surface area contributed by atoms with Gasteiger partial charge in [-0.05, 0) is 55.0 Å². The fraction of sp³-hybridized carbons (Fsp3) is 0.600. The van der Waals surface area contributed by atoms with Crippen molar-refractivity contribution in [2.24, 2.45) is 11.5 Å². The molecule has 0 aliphatic carbocycles. The second-order valence-corrected chi connectivity index (χ2v) is 13.7. The lowest BCUT2D eigenvalue weighted by Gasteiger charge is -2.31. The van der Waals surface area contributed by atoms with Gasteiger partial charge < -0.3 is 11.5 Å². The largest absolute Gasteiger partial charge is 0.322 e. The fourth-order valence-electron chi connectivity index (χ4n) is 3.83. The van der Waals surface area contributed by atoms with Crippen molar-refractivity contribution in [2.75, 3.05) is 0 Å². The lowest BCUT2D eigenvalue weighted by molar-refractivity contribution is 0.538. The summed E-state index contributed by atoms with van der Waals surface area (Å²) in [4.78, 5) is 0. The van der Waals surface area contributed by atoms with Crippen LogP contribution in [0.2, 0.25) is 0 Å². The molecule has 2 aromatic carbocycles. The van der Waals surface area contributed by atoms with E-state index in [0.29, 0.717) is 0 Å². The third-order valence-corrected chi connectivity index (χ3v) is 6.53. The summed E-state index contributed by atoms with van der Waals surface area (Å²) in [6.07, 6.45) is 0. The summed E-state index contributed by atoms with van der Waals surface area (Å²) in [5.74, 6) is 0. The molecule has 2 heteroatoms. The first-order valence-corrected chi connectivity index (χ1v) is 12.0. The van der Waals surface area contributed by atoms with Crippen LogP contribution in [0.4, 0.5) is 0 Å². The quantitative estimate of drug-likeness (QED) is 0.521. The van der Waals surface area contributed by atoms with Crippen molar-refractivity contribution >= 4 is 0 Å². The van der Waals surface area contributed by atoms with Gasteiger partial charge in [-0.1, -0.05) is 119 Å². The number of rotatable bonds is 3. The van der Waals surface area contributed by atoms with Gasteiger partial charge in [-0.25, -0.2) is 0 Å². The summed E-state index contributed by atoms with van der Waals surface area (Å²) in [7, 11) is 0. The lowest BCUT2D eigenvalue weighted by Crippen LogP contribution is -2.29. The molecule has 0 fully saturated rings. The first-order valence-electron chi connectivity index (χ1n) is 12.0. The number of hydrogen-bond donors (Lipinski definition) is 2. The highest BCUT2D eigenvalue weighted by Crippen LogP contribution is 2.37. The highest BCUT2D eigenvalue weighted by Gasteiger charge is 2.27. The molecule has 0 bridgehead atoms. The van der Waals surface area contributed by atoms with Gasteiger partial charge in [-0.15, -0.1) is 0 Å². The monoisotopic (exact) mass is 436 g/mol. The van der Waals surface area contributed by atoms with Crippen molar-refractivity contribution in [1.29, 1.82) is 0 Å². The predicted octanol–water partition coefficient (Wildman–Crippen LogP) is 7.58. The zero-order chi connectivity index (χ0) is 24.9. The van der Waals surface area contributed by atoms with Gasteiger partial charge in [-0.2, -0.15) is 0 Å². The van der Waals surface area contributed by atoms with E-state index >= 15 is 0 Å². The van der Waals surface area contributed by atoms with E-state index in [9.17, 15) is 0 Å². The van der Waals surface area contributed by atoms with E-state index in [0.717, 1.165) is 11.1 Å². The number of hydrogen-bond acceptors (Lipinski definition) is 2. The van der Waals surface area contributed by atoms with Crippen LogP contribution in [0.25, 0.3) is 0 Å². The van der Waals surface area contributed by atoms with Crippen LogP contribution in [0.15, 0.2) is 36.4 Å². The lowest BCUT2D eigenvalue weighted by atomic mass is 9.76. The van der Waals surface area contributed by atoms with Crippen LogP contribution in [0, 0.1) is 0 Å². The van der Waals surface area contributed by atoms with Gasteiger partial charge in [0.1, 0.15) is 0 Å². The van der Waals surface area contributed by atoms with E-state index in [2.05, 4.69) is 119 Å². The molecule has 2 aromatic rings. The Balaban J connectivity index is 2.63. The normalized spacial score (nSPS) is 15.6. The van der Waals surface area contributed by atoms with E-state index in [1.807, 2.05) is 0 Å². The zero-order valence-electron chi connectivity index (χ0n) is 22.8. The fourth-order valence-corrected chi connectivity index (χ4v) is 3.83. The third kappa shape index (κ3) is 6.23. The molecule has 4 N–H and O–H groups in total. The summed E-state index contributed by atoms with van der Waals surface area (Å²) in [5.41, 5.74) is 21.4. The SMILES string of the molecule is CC(C)(C)c1cc(C(N)C(N)c2cc(C(C)(C)C)cc(C(C)(C)C)c2)cc(C(C)(C)C)c1. The van der Waals surface area contributed by atoms with E-state index < -0.39 is 0 Å². The summed E-state index contributed by atoms with van der Waals surface area (Å²) in [6, 6.07) is 13.2. The third-order valence-electron chi connectivity index (χ3n) is 6.53. The van der Waals surface area contributed by atoms with E-state index in [-0.39, 0.29) is 33.7 Å². The topological polar surface area (TPSA) is 52.0 Å². The Morgan fingerprint density at radius 2 is 0.594 bits per heavy atom. The van der Waals surface area contributed by atoms with E-state index in [1.54, 1.807) is 0 Å². The van der Waals surface area contributed by atoms with Crippen LogP contribution in [-0.2, 0) is 21.7 Å². The first kappa shape index (κ1) is 26.6. The Labute approximate surface area is 198 Å². The minimum atomic E-state index is -0.276. The minimum absolute atomic E-state index is 0.0470. The molecule has 2 atom stereocenters. The standard InChI is InChI=1S/C30H48N2/c1-27(2,3)21-13-19(14-22(17-21)28(4,5)6)25(31)26(32)20-15-23(29(7,8)9)18-24(16-20)30(10,11)12/h13-18,25-26H,31-32H2,1-12H3. The molecule has 0 spiro atoms. The molecule has 178 valence electrons. The molecule has 0 amide bonds. The molecular formula is C30H48N2. The van der Waals surface area contributed by atoms with Gasteiger partial charge in [0.2, 0.25) is 0 Å². The van der Waals surface area contributed by atoms with Crippen molar-refractivity contribution in [2.45, 2.75) is 117 Å². The maximum absolute atomic E-state index is 6.89. The first-order chi connectivity index (χ1) is 14.2. The molecule has 0 saturated carbocycles. The van der Waals surface area contributed by atoms with Gasteiger partial charge in [0.25, 0.3) is 0 Å². The van der Waals surface area contributed by atoms with Crippen molar-refractivity contribution in [3.8, 4) is 0 Å². The molecule has 0 aliphatic rings. The van der Waals surface area contributed by atoms with Crippen LogP contribution in [-0.4, -0.2) is 0 Å². The van der Waals surface area contributed by atoms with Gasteiger partial charge in [0.15, 0.2) is 0 Å². The molecule has 0 aliphatic heterocycles. The average Bonchev–Trinajstić information content (AvgIpc) is 2.63. The summed E-state index contributed by atoms with van der Waals surface area (Å²) in [6.45, 7) is 27.1. The molecule has 0 saturated heterocycles. The predicted molar refractivity (Wildman–Crippen MR) is 142 cm³/mol. The highest BCUT2D eigenvalue weighted by atomic mass is 14.8.